The molecule has 2 aromatic carbocycles. The van der Waals surface area contributed by atoms with Crippen LogP contribution in [0.5, 0.6) is 0 Å². The summed E-state index contributed by atoms with van der Waals surface area (Å²) in [6.45, 7) is 3.97. The van der Waals surface area contributed by atoms with Crippen LogP contribution in [0.25, 0.3) is 5.69 Å². The zero-order valence-corrected chi connectivity index (χ0v) is 15.0. The zero-order valence-electron chi connectivity index (χ0n) is 15.0. The van der Waals surface area contributed by atoms with Crippen molar-refractivity contribution >= 4 is 11.6 Å². The third-order valence-electron chi connectivity index (χ3n) is 4.29. The molecule has 0 aliphatic heterocycles. The summed E-state index contributed by atoms with van der Waals surface area (Å²) in [7, 11) is 0. The van der Waals surface area contributed by atoms with Gasteiger partial charge in [0.05, 0.1) is 11.0 Å². The molecule has 0 saturated carbocycles. The number of nitro benzene ring substituents is 1. The van der Waals surface area contributed by atoms with Crippen LogP contribution in [0.15, 0.2) is 55.1 Å². The Labute approximate surface area is 156 Å². The highest BCUT2D eigenvalue weighted by Crippen LogP contribution is 2.24. The Bertz CT molecular complexity index is 952. The molecule has 0 aliphatic carbocycles. The van der Waals surface area contributed by atoms with E-state index in [1.54, 1.807) is 6.07 Å². The molecular formula is C19H19N5O3. The number of nitrogens with one attached hydrogen (secondary N) is 1. The Balaban J connectivity index is 1.87. The lowest BCUT2D eigenvalue weighted by atomic mass is 10.0. The van der Waals surface area contributed by atoms with E-state index in [0.29, 0.717) is 6.42 Å². The van der Waals surface area contributed by atoms with Crippen LogP contribution in [0.2, 0.25) is 0 Å². The van der Waals surface area contributed by atoms with Gasteiger partial charge in [-0.3, -0.25) is 14.9 Å². The van der Waals surface area contributed by atoms with Gasteiger partial charge in [-0.05, 0) is 31.0 Å². The third-order valence-corrected chi connectivity index (χ3v) is 4.29. The normalized spacial score (nSPS) is 11.8. The lowest BCUT2D eigenvalue weighted by Gasteiger charge is -2.18. The van der Waals surface area contributed by atoms with Gasteiger partial charge < -0.3 is 5.32 Å². The predicted octanol–water partition coefficient (Wildman–Crippen LogP) is 3.37. The van der Waals surface area contributed by atoms with Crippen molar-refractivity contribution in [1.82, 2.24) is 20.1 Å². The van der Waals surface area contributed by atoms with Crippen LogP contribution in [-0.4, -0.2) is 25.6 Å². The van der Waals surface area contributed by atoms with Gasteiger partial charge in [-0.1, -0.05) is 36.8 Å². The van der Waals surface area contributed by atoms with E-state index < -0.39 is 4.92 Å². The van der Waals surface area contributed by atoms with Crippen LogP contribution in [-0.2, 0) is 0 Å². The van der Waals surface area contributed by atoms with E-state index in [9.17, 15) is 14.9 Å². The number of carbonyl (C=O) groups excluding carboxylic acids is 1. The second kappa shape index (κ2) is 7.77. The number of hydrogen-bond acceptors (Lipinski definition) is 5. The van der Waals surface area contributed by atoms with Crippen molar-refractivity contribution < 1.29 is 9.72 Å². The van der Waals surface area contributed by atoms with Crippen molar-refractivity contribution in [2.24, 2.45) is 0 Å². The highest BCUT2D eigenvalue weighted by atomic mass is 16.6. The molecule has 1 aromatic heterocycles. The number of nitrogens with zero attached hydrogens (tertiary/aromatic N) is 4. The highest BCUT2D eigenvalue weighted by Gasteiger charge is 2.21. The van der Waals surface area contributed by atoms with Crippen LogP contribution in [0.3, 0.4) is 0 Å². The number of hydrogen-bond donors (Lipinski definition) is 1. The van der Waals surface area contributed by atoms with Gasteiger partial charge in [-0.15, -0.1) is 0 Å². The van der Waals surface area contributed by atoms with Gasteiger partial charge in [-0.2, -0.15) is 5.10 Å². The molecule has 8 nitrogen and oxygen atoms in total. The highest BCUT2D eigenvalue weighted by molar-refractivity contribution is 5.95. The predicted molar refractivity (Wildman–Crippen MR) is 99.7 cm³/mol. The molecule has 0 spiro atoms. The molecule has 0 bridgehead atoms. The second-order valence-corrected chi connectivity index (χ2v) is 6.15. The first-order chi connectivity index (χ1) is 13.0. The van der Waals surface area contributed by atoms with Gasteiger partial charge in [-0.25, -0.2) is 9.67 Å². The molecule has 3 aromatic rings. The summed E-state index contributed by atoms with van der Waals surface area (Å²) in [6.07, 6.45) is 3.36. The van der Waals surface area contributed by atoms with Crippen LogP contribution in [0.4, 0.5) is 5.69 Å². The summed E-state index contributed by atoms with van der Waals surface area (Å²) in [5.74, 6) is -0.365. The van der Waals surface area contributed by atoms with Gasteiger partial charge in [0.25, 0.3) is 11.6 Å². The SMILES string of the molecule is CCC(NC(=O)c1ccc(-n2cncn2)c([N+](=O)[O-])c1)c1ccc(C)cc1. The monoisotopic (exact) mass is 365 g/mol. The lowest BCUT2D eigenvalue weighted by molar-refractivity contribution is -0.384. The van der Waals surface area contributed by atoms with Gasteiger partial charge in [0, 0.05) is 11.6 Å². The largest absolute Gasteiger partial charge is 0.345 e. The van der Waals surface area contributed by atoms with Crippen LogP contribution in [0, 0.1) is 17.0 Å². The molecule has 8 heteroatoms. The van der Waals surface area contributed by atoms with Gasteiger partial charge >= 0.3 is 0 Å². The standard InChI is InChI=1S/C19H19N5O3/c1-3-16(14-6-4-13(2)5-7-14)22-19(25)15-8-9-17(18(10-15)24(26)27)23-12-20-11-21-23/h4-12,16H,3H2,1-2H3,(H,22,25). The maximum Gasteiger partial charge on any atom is 0.295 e. The summed E-state index contributed by atoms with van der Waals surface area (Å²) in [5.41, 5.74) is 2.39. The number of carbonyl (C=O) groups is 1. The minimum atomic E-state index is -0.537. The Kier molecular flexibility index (Phi) is 5.25. The van der Waals surface area contributed by atoms with E-state index in [1.807, 2.05) is 38.1 Å². The quantitative estimate of drug-likeness (QED) is 0.533. The molecule has 27 heavy (non-hydrogen) atoms. The first kappa shape index (κ1) is 18.2. The Hall–Kier alpha value is -3.55. The smallest absolute Gasteiger partial charge is 0.295 e. The van der Waals surface area contributed by atoms with Gasteiger partial charge in [0.2, 0.25) is 0 Å². The van der Waals surface area contributed by atoms with Gasteiger partial charge in [0.1, 0.15) is 18.3 Å². The molecule has 0 saturated heterocycles. The molecule has 1 heterocycles. The molecule has 0 aliphatic rings. The number of aryl methyl sites for hydroxylation is 1. The average molecular weight is 365 g/mol. The number of amides is 1. The summed E-state index contributed by atoms with van der Waals surface area (Å²) >= 11 is 0. The van der Waals surface area contributed by atoms with E-state index in [0.717, 1.165) is 11.1 Å². The minimum Gasteiger partial charge on any atom is -0.345 e. The van der Waals surface area contributed by atoms with E-state index >= 15 is 0 Å². The number of benzene rings is 2. The topological polar surface area (TPSA) is 103 Å². The zero-order chi connectivity index (χ0) is 19.4. The van der Waals surface area contributed by atoms with Crippen molar-refractivity contribution in [3.05, 3.63) is 81.9 Å². The van der Waals surface area contributed by atoms with Crippen molar-refractivity contribution in [2.45, 2.75) is 26.3 Å². The van der Waals surface area contributed by atoms with Crippen LogP contribution in [0.1, 0.15) is 40.9 Å². The van der Waals surface area contributed by atoms with Crippen molar-refractivity contribution in [3.63, 3.8) is 0 Å². The second-order valence-electron chi connectivity index (χ2n) is 6.15. The van der Waals surface area contributed by atoms with Crippen molar-refractivity contribution in [2.75, 3.05) is 0 Å². The number of nitro groups is 1. The summed E-state index contributed by atoms with van der Waals surface area (Å²) in [4.78, 5) is 27.4. The molecule has 1 N–H and O–H groups in total. The van der Waals surface area contributed by atoms with Crippen molar-refractivity contribution in [3.8, 4) is 5.69 Å². The first-order valence-corrected chi connectivity index (χ1v) is 8.50. The fourth-order valence-electron chi connectivity index (χ4n) is 2.80. The number of rotatable bonds is 6. The van der Waals surface area contributed by atoms with Gasteiger partial charge in [0.15, 0.2) is 0 Å². The lowest BCUT2D eigenvalue weighted by Crippen LogP contribution is -2.28. The summed E-state index contributed by atoms with van der Waals surface area (Å²) in [6, 6.07) is 12.0. The van der Waals surface area contributed by atoms with E-state index in [4.69, 9.17) is 0 Å². The minimum absolute atomic E-state index is 0.174. The Morgan fingerprint density at radius 2 is 2.00 bits per heavy atom. The molecule has 1 amide bonds. The maximum absolute atomic E-state index is 12.7. The Morgan fingerprint density at radius 3 is 2.59 bits per heavy atom. The molecule has 3 rings (SSSR count). The fourth-order valence-corrected chi connectivity index (χ4v) is 2.80. The molecular weight excluding hydrogens is 346 g/mol. The van der Waals surface area contributed by atoms with Crippen molar-refractivity contribution in [1.29, 1.82) is 0 Å². The number of aromatic nitrogens is 3. The average Bonchev–Trinajstić information content (AvgIpc) is 3.20. The van der Waals surface area contributed by atoms with E-state index in [2.05, 4.69) is 15.4 Å². The van der Waals surface area contributed by atoms with E-state index in [-0.39, 0.29) is 28.9 Å². The van der Waals surface area contributed by atoms with Crippen LogP contribution < -0.4 is 5.32 Å². The third kappa shape index (κ3) is 4.00. The molecule has 0 fully saturated rings. The molecule has 0 radical (unpaired) electrons. The fraction of sp³-hybridized carbons (Fsp3) is 0.211. The molecule has 1 unspecified atom stereocenters. The first-order valence-electron chi connectivity index (χ1n) is 8.50. The Morgan fingerprint density at radius 1 is 1.26 bits per heavy atom. The maximum atomic E-state index is 12.7. The summed E-state index contributed by atoms with van der Waals surface area (Å²) in [5, 5.41) is 18.3. The summed E-state index contributed by atoms with van der Waals surface area (Å²) < 4.78 is 1.29. The van der Waals surface area contributed by atoms with E-state index in [1.165, 1.54) is 29.5 Å². The molecule has 1 atom stereocenters. The molecule has 138 valence electrons. The van der Waals surface area contributed by atoms with Crippen LogP contribution >= 0.6 is 0 Å².